The van der Waals surface area contributed by atoms with E-state index in [1.54, 1.807) is 6.26 Å². The highest BCUT2D eigenvalue weighted by Crippen LogP contribution is 2.22. The van der Waals surface area contributed by atoms with E-state index in [4.69, 9.17) is 9.15 Å². The first-order valence-corrected chi connectivity index (χ1v) is 9.03. The van der Waals surface area contributed by atoms with Gasteiger partial charge >= 0.3 is 0 Å². The number of carbonyl (C=O) groups excluding carboxylic acids is 1. The number of nitrogens with one attached hydrogen (secondary N) is 1. The molecule has 0 unspecified atom stereocenters. The zero-order valence-corrected chi connectivity index (χ0v) is 16.0. The van der Waals surface area contributed by atoms with Gasteiger partial charge in [-0.3, -0.25) is 4.79 Å². The van der Waals surface area contributed by atoms with Crippen LogP contribution in [0.5, 0.6) is 0 Å². The monoisotopic (exact) mass is 363 g/mol. The smallest absolute Gasteiger partial charge is 0.255 e. The van der Waals surface area contributed by atoms with Crippen molar-refractivity contribution in [1.82, 2.24) is 0 Å². The lowest BCUT2D eigenvalue weighted by molar-refractivity contribution is 0.0929. The highest BCUT2D eigenvalue weighted by Gasteiger charge is 2.14. The van der Waals surface area contributed by atoms with E-state index in [2.05, 4.69) is 26.1 Å². The first-order chi connectivity index (χ1) is 12.9. The van der Waals surface area contributed by atoms with E-state index in [0.29, 0.717) is 18.8 Å². The van der Waals surface area contributed by atoms with Crippen molar-refractivity contribution in [2.45, 2.75) is 39.4 Å². The molecule has 0 aliphatic heterocycles. The molecule has 0 atom stereocenters. The number of amides is 1. The van der Waals surface area contributed by atoms with Gasteiger partial charge in [-0.25, -0.2) is 0 Å². The summed E-state index contributed by atoms with van der Waals surface area (Å²) in [6, 6.07) is 19.1. The quantitative estimate of drug-likeness (QED) is 0.625. The van der Waals surface area contributed by atoms with Gasteiger partial charge in [-0.2, -0.15) is 0 Å². The number of benzene rings is 2. The summed E-state index contributed by atoms with van der Waals surface area (Å²) in [5.41, 5.74) is 3.65. The number of carbonyl (C=O) groups is 1. The van der Waals surface area contributed by atoms with Gasteiger partial charge in [0.2, 0.25) is 0 Å². The SMILES string of the molecule is CC(C)(C)c1ccc(C(=O)Nc2cccc(COCc3ccco3)c2)cc1. The molecule has 0 bridgehead atoms. The zero-order chi connectivity index (χ0) is 19.3. The van der Waals surface area contributed by atoms with Crippen molar-refractivity contribution >= 4 is 11.6 Å². The largest absolute Gasteiger partial charge is 0.467 e. The molecule has 4 nitrogen and oxygen atoms in total. The van der Waals surface area contributed by atoms with Gasteiger partial charge in [0.1, 0.15) is 12.4 Å². The molecule has 4 heteroatoms. The Kier molecular flexibility index (Phi) is 5.77. The van der Waals surface area contributed by atoms with Gasteiger partial charge < -0.3 is 14.5 Å². The molecule has 27 heavy (non-hydrogen) atoms. The third-order valence-corrected chi connectivity index (χ3v) is 4.29. The Balaban J connectivity index is 1.59. The number of hydrogen-bond donors (Lipinski definition) is 1. The average Bonchev–Trinajstić information content (AvgIpc) is 3.15. The summed E-state index contributed by atoms with van der Waals surface area (Å²) in [6.07, 6.45) is 1.63. The van der Waals surface area contributed by atoms with Crippen LogP contribution in [0, 0.1) is 0 Å². The molecule has 1 aromatic heterocycles. The molecule has 0 saturated heterocycles. The predicted molar refractivity (Wildman–Crippen MR) is 107 cm³/mol. The maximum absolute atomic E-state index is 12.5. The van der Waals surface area contributed by atoms with Crippen molar-refractivity contribution in [2.24, 2.45) is 0 Å². The van der Waals surface area contributed by atoms with Crippen LogP contribution in [0.3, 0.4) is 0 Å². The van der Waals surface area contributed by atoms with Crippen LogP contribution in [0.15, 0.2) is 71.3 Å². The summed E-state index contributed by atoms with van der Waals surface area (Å²) in [4.78, 5) is 12.5. The van der Waals surface area contributed by atoms with Gasteiger partial charge in [0, 0.05) is 11.3 Å². The highest BCUT2D eigenvalue weighted by molar-refractivity contribution is 6.04. The molecule has 0 saturated carbocycles. The Morgan fingerprint density at radius 1 is 1.00 bits per heavy atom. The van der Waals surface area contributed by atoms with Crippen LogP contribution in [-0.2, 0) is 23.4 Å². The maximum atomic E-state index is 12.5. The van der Waals surface area contributed by atoms with Crippen LogP contribution >= 0.6 is 0 Å². The van der Waals surface area contributed by atoms with E-state index >= 15 is 0 Å². The molecule has 0 fully saturated rings. The van der Waals surface area contributed by atoms with E-state index in [-0.39, 0.29) is 11.3 Å². The molecule has 0 radical (unpaired) electrons. The van der Waals surface area contributed by atoms with E-state index in [0.717, 1.165) is 17.0 Å². The molecule has 0 aliphatic rings. The van der Waals surface area contributed by atoms with Gasteiger partial charge in [0.05, 0.1) is 12.9 Å². The van der Waals surface area contributed by atoms with Gasteiger partial charge in [-0.05, 0) is 52.9 Å². The van der Waals surface area contributed by atoms with Crippen molar-refractivity contribution in [1.29, 1.82) is 0 Å². The molecule has 140 valence electrons. The Labute approximate surface area is 160 Å². The predicted octanol–water partition coefficient (Wildman–Crippen LogP) is 5.55. The summed E-state index contributed by atoms with van der Waals surface area (Å²) in [6.45, 7) is 7.33. The minimum atomic E-state index is -0.121. The van der Waals surface area contributed by atoms with Crippen LogP contribution in [0.4, 0.5) is 5.69 Å². The van der Waals surface area contributed by atoms with Crippen molar-refractivity contribution in [3.63, 3.8) is 0 Å². The maximum Gasteiger partial charge on any atom is 0.255 e. The van der Waals surface area contributed by atoms with E-state index in [1.807, 2.05) is 60.7 Å². The number of hydrogen-bond acceptors (Lipinski definition) is 3. The molecule has 1 N–H and O–H groups in total. The van der Waals surface area contributed by atoms with Gasteiger partial charge in [-0.1, -0.05) is 45.0 Å². The van der Waals surface area contributed by atoms with Gasteiger partial charge in [-0.15, -0.1) is 0 Å². The zero-order valence-electron chi connectivity index (χ0n) is 16.0. The van der Waals surface area contributed by atoms with Crippen LogP contribution in [0.2, 0.25) is 0 Å². The van der Waals surface area contributed by atoms with Gasteiger partial charge in [0.15, 0.2) is 0 Å². The fraction of sp³-hybridized carbons (Fsp3) is 0.261. The lowest BCUT2D eigenvalue weighted by Gasteiger charge is -2.19. The Hall–Kier alpha value is -2.85. The average molecular weight is 363 g/mol. The number of anilines is 1. The van der Waals surface area contributed by atoms with E-state index in [1.165, 1.54) is 5.56 Å². The summed E-state index contributed by atoms with van der Waals surface area (Å²) < 4.78 is 10.9. The molecule has 1 heterocycles. The van der Waals surface area contributed by atoms with Crippen molar-refractivity contribution in [3.8, 4) is 0 Å². The summed E-state index contributed by atoms with van der Waals surface area (Å²) in [7, 11) is 0. The Morgan fingerprint density at radius 2 is 1.78 bits per heavy atom. The Morgan fingerprint density at radius 3 is 2.44 bits per heavy atom. The lowest BCUT2D eigenvalue weighted by atomic mass is 9.87. The minimum absolute atomic E-state index is 0.0684. The van der Waals surface area contributed by atoms with E-state index in [9.17, 15) is 4.79 Å². The molecule has 3 aromatic rings. The number of furan rings is 1. The van der Waals surface area contributed by atoms with E-state index < -0.39 is 0 Å². The second-order valence-corrected chi connectivity index (χ2v) is 7.55. The lowest BCUT2D eigenvalue weighted by Crippen LogP contribution is -2.14. The third-order valence-electron chi connectivity index (χ3n) is 4.29. The van der Waals surface area contributed by atoms with Gasteiger partial charge in [0.25, 0.3) is 5.91 Å². The molecular formula is C23H25NO3. The number of ether oxygens (including phenoxy) is 1. The van der Waals surface area contributed by atoms with Crippen LogP contribution < -0.4 is 5.32 Å². The summed E-state index contributed by atoms with van der Waals surface area (Å²) in [5, 5.41) is 2.95. The molecule has 0 aliphatic carbocycles. The molecule has 3 rings (SSSR count). The first kappa shape index (κ1) is 18.9. The topological polar surface area (TPSA) is 51.5 Å². The highest BCUT2D eigenvalue weighted by atomic mass is 16.5. The second-order valence-electron chi connectivity index (χ2n) is 7.55. The Bertz CT molecular complexity index is 875. The molecular weight excluding hydrogens is 338 g/mol. The second kappa shape index (κ2) is 8.23. The van der Waals surface area contributed by atoms with Crippen molar-refractivity contribution in [2.75, 3.05) is 5.32 Å². The van der Waals surface area contributed by atoms with Crippen molar-refractivity contribution < 1.29 is 13.9 Å². The summed E-state index contributed by atoms with van der Waals surface area (Å²) in [5.74, 6) is 0.669. The van der Waals surface area contributed by atoms with Crippen LogP contribution in [0.1, 0.15) is 48.0 Å². The fourth-order valence-corrected chi connectivity index (χ4v) is 2.73. The molecule has 0 spiro atoms. The van der Waals surface area contributed by atoms with Crippen LogP contribution in [0.25, 0.3) is 0 Å². The minimum Gasteiger partial charge on any atom is -0.467 e. The normalized spacial score (nSPS) is 11.4. The molecule has 2 aromatic carbocycles. The fourth-order valence-electron chi connectivity index (χ4n) is 2.73. The molecule has 1 amide bonds. The van der Waals surface area contributed by atoms with Crippen molar-refractivity contribution in [3.05, 3.63) is 89.4 Å². The first-order valence-electron chi connectivity index (χ1n) is 9.03. The van der Waals surface area contributed by atoms with Crippen LogP contribution in [-0.4, -0.2) is 5.91 Å². The standard InChI is InChI=1S/C23H25NO3/c1-23(2,3)19-11-9-18(10-12-19)22(25)24-20-7-4-6-17(14-20)15-26-16-21-8-5-13-27-21/h4-14H,15-16H2,1-3H3,(H,24,25). The number of rotatable bonds is 6. The summed E-state index contributed by atoms with van der Waals surface area (Å²) >= 11 is 0. The third kappa shape index (κ3) is 5.31.